The van der Waals surface area contributed by atoms with Crippen LogP contribution in [0.1, 0.15) is 25.2 Å². The molecule has 24 heavy (non-hydrogen) atoms. The number of nitrogens with one attached hydrogen (secondary N) is 2. The molecule has 0 bridgehead atoms. The van der Waals surface area contributed by atoms with Crippen LogP contribution in [0.2, 0.25) is 0 Å². The van der Waals surface area contributed by atoms with Gasteiger partial charge in [-0.1, -0.05) is 6.92 Å². The first-order valence-electron chi connectivity index (χ1n) is 8.13. The van der Waals surface area contributed by atoms with Gasteiger partial charge in [0.15, 0.2) is 0 Å². The summed E-state index contributed by atoms with van der Waals surface area (Å²) in [5.41, 5.74) is 2.69. The van der Waals surface area contributed by atoms with Gasteiger partial charge in [-0.3, -0.25) is 4.68 Å². The van der Waals surface area contributed by atoms with E-state index in [-0.39, 0.29) is 11.9 Å². The van der Waals surface area contributed by atoms with Crippen LogP contribution in [0.25, 0.3) is 0 Å². The van der Waals surface area contributed by atoms with Gasteiger partial charge in [-0.15, -0.1) is 0 Å². The quantitative estimate of drug-likeness (QED) is 0.817. The lowest BCUT2D eigenvalue weighted by Crippen LogP contribution is -2.33. The number of ether oxygens (including phenoxy) is 1. The first-order chi connectivity index (χ1) is 11.5. The van der Waals surface area contributed by atoms with E-state index in [4.69, 9.17) is 4.74 Å². The Hall–Kier alpha value is -2.57. The number of urea groups is 1. The van der Waals surface area contributed by atoms with Crippen molar-refractivity contribution in [2.45, 2.75) is 34.2 Å². The molecule has 2 rings (SSSR count). The summed E-state index contributed by atoms with van der Waals surface area (Å²) in [4.78, 5) is 16.2. The first-order valence-corrected chi connectivity index (χ1v) is 8.13. The van der Waals surface area contributed by atoms with Crippen LogP contribution in [0.3, 0.4) is 0 Å². The average Bonchev–Trinajstić information content (AvgIpc) is 2.85. The van der Waals surface area contributed by atoms with Crippen molar-refractivity contribution in [1.82, 2.24) is 20.1 Å². The molecule has 0 radical (unpaired) electrons. The predicted molar refractivity (Wildman–Crippen MR) is 93.3 cm³/mol. The zero-order chi connectivity index (χ0) is 17.5. The van der Waals surface area contributed by atoms with Gasteiger partial charge in [0.2, 0.25) is 5.88 Å². The van der Waals surface area contributed by atoms with Gasteiger partial charge in [-0.2, -0.15) is 5.10 Å². The van der Waals surface area contributed by atoms with Crippen LogP contribution in [0.5, 0.6) is 5.88 Å². The third kappa shape index (κ3) is 4.97. The number of carbonyl (C=O) groups excluding carboxylic acids is 1. The predicted octanol–water partition coefficient (Wildman–Crippen LogP) is 2.75. The number of pyridine rings is 1. The van der Waals surface area contributed by atoms with Crippen molar-refractivity contribution in [1.29, 1.82) is 0 Å². The van der Waals surface area contributed by atoms with Crippen LogP contribution >= 0.6 is 0 Å². The molecule has 130 valence electrons. The van der Waals surface area contributed by atoms with E-state index in [0.29, 0.717) is 24.7 Å². The van der Waals surface area contributed by atoms with Crippen LogP contribution < -0.4 is 15.4 Å². The molecule has 2 aromatic rings. The number of carbonyl (C=O) groups is 1. The van der Waals surface area contributed by atoms with Gasteiger partial charge in [0, 0.05) is 25.0 Å². The molecule has 0 aliphatic rings. The maximum Gasteiger partial charge on any atom is 0.319 e. The molecule has 7 heteroatoms. The van der Waals surface area contributed by atoms with E-state index in [1.165, 1.54) is 0 Å². The zero-order valence-electron chi connectivity index (χ0n) is 14.7. The van der Waals surface area contributed by atoms with Crippen molar-refractivity contribution in [2.24, 2.45) is 5.92 Å². The summed E-state index contributed by atoms with van der Waals surface area (Å²) in [6.07, 6.45) is 1.63. The Balaban J connectivity index is 1.83. The zero-order valence-corrected chi connectivity index (χ0v) is 14.7. The second-order valence-electron chi connectivity index (χ2n) is 5.84. The number of hydrogen-bond acceptors (Lipinski definition) is 4. The van der Waals surface area contributed by atoms with Gasteiger partial charge in [0.1, 0.15) is 5.69 Å². The fourth-order valence-corrected chi connectivity index (χ4v) is 2.39. The molecule has 0 spiro atoms. The van der Waals surface area contributed by atoms with Crippen LogP contribution in [0.4, 0.5) is 10.5 Å². The summed E-state index contributed by atoms with van der Waals surface area (Å²) in [6, 6.07) is 5.29. The van der Waals surface area contributed by atoms with Crippen molar-refractivity contribution in [3.8, 4) is 5.88 Å². The number of nitrogens with zero attached hydrogens (tertiary/aromatic N) is 3. The number of amides is 2. The molecule has 2 heterocycles. The minimum atomic E-state index is -0.274. The number of aryl methyl sites for hydroxylation is 2. The maximum atomic E-state index is 12.1. The molecule has 0 saturated carbocycles. The first kappa shape index (κ1) is 17.8. The Morgan fingerprint density at radius 2 is 2.21 bits per heavy atom. The van der Waals surface area contributed by atoms with E-state index >= 15 is 0 Å². The second kappa shape index (κ2) is 8.33. The third-order valence-electron chi connectivity index (χ3n) is 3.50. The summed E-state index contributed by atoms with van der Waals surface area (Å²) >= 11 is 0. The average molecular weight is 331 g/mol. The largest absolute Gasteiger partial charge is 0.476 e. The lowest BCUT2D eigenvalue weighted by Gasteiger charge is -2.15. The van der Waals surface area contributed by atoms with E-state index in [1.54, 1.807) is 18.3 Å². The number of anilines is 1. The molecular formula is C17H25N5O2. The van der Waals surface area contributed by atoms with Gasteiger partial charge < -0.3 is 15.4 Å². The molecule has 0 aliphatic carbocycles. The highest BCUT2D eigenvalue weighted by atomic mass is 16.5. The summed E-state index contributed by atoms with van der Waals surface area (Å²) in [5, 5.41) is 10.1. The van der Waals surface area contributed by atoms with E-state index in [2.05, 4.69) is 27.6 Å². The van der Waals surface area contributed by atoms with Gasteiger partial charge in [0.25, 0.3) is 0 Å². The van der Waals surface area contributed by atoms with Crippen molar-refractivity contribution in [3.63, 3.8) is 0 Å². The van der Waals surface area contributed by atoms with Crippen molar-refractivity contribution in [2.75, 3.05) is 18.5 Å². The van der Waals surface area contributed by atoms with Crippen LogP contribution in [0, 0.1) is 19.8 Å². The van der Waals surface area contributed by atoms with E-state index in [9.17, 15) is 4.79 Å². The maximum absolute atomic E-state index is 12.1. The van der Waals surface area contributed by atoms with Crippen molar-refractivity contribution >= 4 is 11.7 Å². The smallest absolute Gasteiger partial charge is 0.319 e. The Morgan fingerprint density at radius 3 is 2.88 bits per heavy atom. The SMILES string of the molecule is CCOc1ncccc1NC(=O)NC[C@H](C)Cn1nc(C)cc1C. The lowest BCUT2D eigenvalue weighted by molar-refractivity contribution is 0.249. The molecule has 7 nitrogen and oxygen atoms in total. The highest BCUT2D eigenvalue weighted by Gasteiger charge is 2.11. The third-order valence-corrected chi connectivity index (χ3v) is 3.50. The number of aromatic nitrogens is 3. The minimum Gasteiger partial charge on any atom is -0.476 e. The molecule has 2 N–H and O–H groups in total. The van der Waals surface area contributed by atoms with Crippen LogP contribution in [-0.2, 0) is 6.54 Å². The molecule has 0 saturated heterocycles. The number of rotatable bonds is 7. The summed E-state index contributed by atoms with van der Waals surface area (Å²) in [6.45, 7) is 9.76. The molecule has 0 unspecified atom stereocenters. The fourth-order valence-electron chi connectivity index (χ4n) is 2.39. The van der Waals surface area contributed by atoms with Crippen LogP contribution in [-0.4, -0.2) is 33.9 Å². The van der Waals surface area contributed by atoms with E-state index in [1.807, 2.05) is 31.5 Å². The summed E-state index contributed by atoms with van der Waals surface area (Å²) in [5.74, 6) is 0.680. The van der Waals surface area contributed by atoms with Gasteiger partial charge in [-0.25, -0.2) is 9.78 Å². The van der Waals surface area contributed by atoms with Gasteiger partial charge in [-0.05, 0) is 44.9 Å². The Kier molecular flexibility index (Phi) is 6.17. The molecule has 0 aromatic carbocycles. The molecule has 1 atom stereocenters. The summed E-state index contributed by atoms with van der Waals surface area (Å²) in [7, 11) is 0. The van der Waals surface area contributed by atoms with Crippen molar-refractivity contribution < 1.29 is 9.53 Å². The van der Waals surface area contributed by atoms with Gasteiger partial charge in [0.05, 0.1) is 12.3 Å². The molecule has 0 aliphatic heterocycles. The highest BCUT2D eigenvalue weighted by molar-refractivity contribution is 5.90. The minimum absolute atomic E-state index is 0.258. The molecule has 2 aromatic heterocycles. The summed E-state index contributed by atoms with van der Waals surface area (Å²) < 4.78 is 7.36. The van der Waals surface area contributed by atoms with E-state index in [0.717, 1.165) is 17.9 Å². The van der Waals surface area contributed by atoms with Crippen molar-refractivity contribution in [3.05, 3.63) is 35.8 Å². The molecule has 0 fully saturated rings. The Morgan fingerprint density at radius 1 is 1.42 bits per heavy atom. The lowest BCUT2D eigenvalue weighted by atomic mass is 10.2. The molecular weight excluding hydrogens is 306 g/mol. The normalized spacial score (nSPS) is 11.8. The second-order valence-corrected chi connectivity index (χ2v) is 5.84. The van der Waals surface area contributed by atoms with E-state index < -0.39 is 0 Å². The Labute approximate surface area is 142 Å². The number of hydrogen-bond donors (Lipinski definition) is 2. The molecule has 2 amide bonds. The Bertz CT molecular complexity index is 683. The highest BCUT2D eigenvalue weighted by Crippen LogP contribution is 2.20. The fraction of sp³-hybridized carbons (Fsp3) is 0.471. The van der Waals surface area contributed by atoms with Gasteiger partial charge >= 0.3 is 6.03 Å². The monoisotopic (exact) mass is 331 g/mol. The topological polar surface area (TPSA) is 81.1 Å². The standard InChI is InChI=1S/C17H25N5O2/c1-5-24-16-15(7-6-8-18-16)20-17(23)19-10-12(2)11-22-14(4)9-13(3)21-22/h6-9,12H,5,10-11H2,1-4H3,(H2,19,20,23)/t12-/m0/s1. The van der Waals surface area contributed by atoms with Crippen LogP contribution in [0.15, 0.2) is 24.4 Å².